The number of carbonyl (C=O) groups is 2. The van der Waals surface area contributed by atoms with Crippen LogP contribution < -0.4 is 15.5 Å². The van der Waals surface area contributed by atoms with Gasteiger partial charge in [0.2, 0.25) is 0 Å². The van der Waals surface area contributed by atoms with E-state index in [0.29, 0.717) is 6.54 Å². The first-order valence-electron chi connectivity index (χ1n) is 11.1. The fourth-order valence-corrected chi connectivity index (χ4v) is 3.86. The van der Waals surface area contributed by atoms with Crippen molar-refractivity contribution in [3.05, 3.63) is 89.2 Å². The fourth-order valence-electron chi connectivity index (χ4n) is 3.86. The van der Waals surface area contributed by atoms with Gasteiger partial charge in [-0.1, -0.05) is 43.7 Å². The molecule has 7 heteroatoms. The van der Waals surface area contributed by atoms with Crippen LogP contribution in [0.5, 0.6) is 0 Å². The highest BCUT2D eigenvalue weighted by Gasteiger charge is 2.20. The van der Waals surface area contributed by atoms with Crippen LogP contribution in [-0.2, 0) is 11.3 Å². The topological polar surface area (TPSA) is 61.4 Å². The van der Waals surface area contributed by atoms with E-state index in [0.717, 1.165) is 30.8 Å². The molecule has 0 bridgehead atoms. The molecule has 1 aliphatic rings. The lowest BCUT2D eigenvalue weighted by Crippen LogP contribution is -2.31. The molecule has 1 fully saturated rings. The zero-order valence-electron chi connectivity index (χ0n) is 18.8. The van der Waals surface area contributed by atoms with E-state index in [2.05, 4.69) is 34.2 Å². The van der Waals surface area contributed by atoms with E-state index >= 15 is 0 Å². The molecule has 0 atom stereocenters. The molecule has 0 spiro atoms. The van der Waals surface area contributed by atoms with E-state index in [4.69, 9.17) is 0 Å². The van der Waals surface area contributed by atoms with Gasteiger partial charge in [0, 0.05) is 31.0 Å². The Morgan fingerprint density at radius 3 is 2.18 bits per heavy atom. The highest BCUT2D eigenvalue weighted by atomic mass is 19.1. The average Bonchev–Trinajstić information content (AvgIpc) is 3.08. The van der Waals surface area contributed by atoms with Crippen molar-refractivity contribution in [2.24, 2.45) is 0 Å². The van der Waals surface area contributed by atoms with E-state index in [1.807, 2.05) is 12.1 Å². The van der Waals surface area contributed by atoms with Crippen molar-refractivity contribution in [3.8, 4) is 0 Å². The summed E-state index contributed by atoms with van der Waals surface area (Å²) >= 11 is 0. The zero-order valence-corrected chi connectivity index (χ0v) is 18.8. The van der Waals surface area contributed by atoms with Gasteiger partial charge < -0.3 is 15.5 Å². The Balaban J connectivity index is 1.57. The Kier molecular flexibility index (Phi) is 8.35. The molecule has 0 aromatic heterocycles. The first-order chi connectivity index (χ1) is 15.9. The number of anilines is 1. The molecular formula is C26H29F2N3O2. The van der Waals surface area contributed by atoms with Crippen molar-refractivity contribution in [2.45, 2.75) is 39.2 Å². The maximum absolute atomic E-state index is 13.8. The predicted molar refractivity (Wildman–Crippen MR) is 126 cm³/mol. The molecular weight excluding hydrogens is 424 g/mol. The van der Waals surface area contributed by atoms with Gasteiger partial charge in [0.15, 0.2) is 0 Å². The van der Waals surface area contributed by atoms with Gasteiger partial charge in [0.05, 0.1) is 5.57 Å². The SMILES string of the molecule is C=C(NC(=O)c1c(F)cccc1F)/C(=C\C)C(=O)NCc1ccc(N2CCCCCC2)cc1. The molecule has 33 heavy (non-hydrogen) atoms. The Morgan fingerprint density at radius 1 is 1.00 bits per heavy atom. The lowest BCUT2D eigenvalue weighted by Gasteiger charge is -2.22. The zero-order chi connectivity index (χ0) is 23.8. The smallest absolute Gasteiger partial charge is 0.261 e. The molecule has 3 rings (SSSR count). The summed E-state index contributed by atoms with van der Waals surface area (Å²) in [7, 11) is 0. The van der Waals surface area contributed by atoms with E-state index in [1.165, 1.54) is 43.5 Å². The van der Waals surface area contributed by atoms with Gasteiger partial charge in [-0.2, -0.15) is 0 Å². The number of hydrogen-bond acceptors (Lipinski definition) is 3. The van der Waals surface area contributed by atoms with Crippen molar-refractivity contribution in [3.63, 3.8) is 0 Å². The maximum Gasteiger partial charge on any atom is 0.261 e. The third kappa shape index (κ3) is 6.28. The van der Waals surface area contributed by atoms with Crippen LogP contribution in [0.2, 0.25) is 0 Å². The standard InChI is InChI=1S/C26H29F2N3O2/c1-3-21(18(2)30-26(33)24-22(27)9-8-10-23(24)28)25(32)29-17-19-11-13-20(14-12-19)31-15-6-4-5-7-16-31/h3,8-14H,2,4-7,15-17H2,1H3,(H,29,32)(H,30,33)/b21-3+. The van der Waals surface area contributed by atoms with Crippen LogP contribution in [0, 0.1) is 11.6 Å². The lowest BCUT2D eigenvalue weighted by molar-refractivity contribution is -0.117. The van der Waals surface area contributed by atoms with Crippen molar-refractivity contribution in [1.82, 2.24) is 10.6 Å². The van der Waals surface area contributed by atoms with Crippen LogP contribution in [0.15, 0.2) is 66.4 Å². The quantitative estimate of drug-likeness (QED) is 0.465. The fraction of sp³-hybridized carbons (Fsp3) is 0.308. The highest BCUT2D eigenvalue weighted by molar-refractivity contribution is 6.01. The summed E-state index contributed by atoms with van der Waals surface area (Å²) in [5.41, 5.74) is 1.46. The van der Waals surface area contributed by atoms with Gasteiger partial charge in [-0.25, -0.2) is 8.78 Å². The number of rotatable bonds is 7. The van der Waals surface area contributed by atoms with Gasteiger partial charge in [-0.3, -0.25) is 9.59 Å². The molecule has 0 unspecified atom stereocenters. The highest BCUT2D eigenvalue weighted by Crippen LogP contribution is 2.20. The number of amides is 2. The Bertz CT molecular complexity index is 1020. The minimum absolute atomic E-state index is 0.0424. The number of nitrogens with one attached hydrogen (secondary N) is 2. The third-order valence-electron chi connectivity index (χ3n) is 5.67. The first kappa shape index (κ1) is 24.2. The Morgan fingerprint density at radius 2 is 1.61 bits per heavy atom. The summed E-state index contributed by atoms with van der Waals surface area (Å²) in [4.78, 5) is 27.3. The molecule has 2 aromatic rings. The number of halogens is 2. The molecule has 1 saturated heterocycles. The monoisotopic (exact) mass is 453 g/mol. The van der Waals surface area contributed by atoms with E-state index in [-0.39, 0.29) is 11.3 Å². The molecule has 2 N–H and O–H groups in total. The van der Waals surface area contributed by atoms with Crippen molar-refractivity contribution in [1.29, 1.82) is 0 Å². The van der Waals surface area contributed by atoms with Crippen LogP contribution in [0.1, 0.15) is 48.5 Å². The van der Waals surface area contributed by atoms with Crippen molar-refractivity contribution in [2.75, 3.05) is 18.0 Å². The van der Waals surface area contributed by atoms with Crippen LogP contribution in [0.25, 0.3) is 0 Å². The second kappa shape index (κ2) is 11.4. The van der Waals surface area contributed by atoms with Crippen LogP contribution in [0.4, 0.5) is 14.5 Å². The van der Waals surface area contributed by atoms with Gasteiger partial charge >= 0.3 is 0 Å². The van der Waals surface area contributed by atoms with E-state index in [9.17, 15) is 18.4 Å². The molecule has 174 valence electrons. The summed E-state index contributed by atoms with van der Waals surface area (Å²) in [5.74, 6) is -3.44. The van der Waals surface area contributed by atoms with Gasteiger partial charge in [0.25, 0.3) is 11.8 Å². The van der Waals surface area contributed by atoms with Crippen LogP contribution >= 0.6 is 0 Å². The van der Waals surface area contributed by atoms with Crippen molar-refractivity contribution < 1.29 is 18.4 Å². The van der Waals surface area contributed by atoms with Gasteiger partial charge in [-0.15, -0.1) is 0 Å². The number of allylic oxidation sites excluding steroid dienone is 1. The first-order valence-corrected chi connectivity index (χ1v) is 11.1. The average molecular weight is 454 g/mol. The Hall–Kier alpha value is -3.48. The second-order valence-corrected chi connectivity index (χ2v) is 7.98. The second-order valence-electron chi connectivity index (χ2n) is 7.98. The van der Waals surface area contributed by atoms with Gasteiger partial charge in [0.1, 0.15) is 17.2 Å². The van der Waals surface area contributed by atoms with Crippen LogP contribution in [-0.4, -0.2) is 24.9 Å². The minimum atomic E-state index is -1.01. The maximum atomic E-state index is 13.8. The molecule has 0 aliphatic carbocycles. The van der Waals surface area contributed by atoms with E-state index < -0.39 is 29.0 Å². The molecule has 2 amide bonds. The molecule has 0 saturated carbocycles. The third-order valence-corrected chi connectivity index (χ3v) is 5.67. The molecule has 1 heterocycles. The number of nitrogens with zero attached hydrogens (tertiary/aromatic N) is 1. The van der Waals surface area contributed by atoms with Gasteiger partial charge in [-0.05, 0) is 49.6 Å². The molecule has 1 aliphatic heterocycles. The summed E-state index contributed by atoms with van der Waals surface area (Å²) in [6.45, 7) is 7.72. The number of hydrogen-bond donors (Lipinski definition) is 2. The summed E-state index contributed by atoms with van der Waals surface area (Å²) in [6.07, 6.45) is 6.43. The lowest BCUT2D eigenvalue weighted by atomic mass is 10.1. The Labute approximate surface area is 193 Å². The largest absolute Gasteiger partial charge is 0.372 e. The summed E-state index contributed by atoms with van der Waals surface area (Å²) in [5, 5.41) is 5.10. The number of carbonyl (C=O) groups excluding carboxylic acids is 2. The number of benzene rings is 2. The van der Waals surface area contributed by atoms with Crippen molar-refractivity contribution >= 4 is 17.5 Å². The summed E-state index contributed by atoms with van der Waals surface area (Å²) in [6, 6.07) is 11.2. The molecule has 2 aromatic carbocycles. The van der Waals surface area contributed by atoms with Crippen LogP contribution in [0.3, 0.4) is 0 Å². The normalized spacial score (nSPS) is 14.4. The molecule has 5 nitrogen and oxygen atoms in total. The summed E-state index contributed by atoms with van der Waals surface area (Å²) < 4.78 is 27.7. The van der Waals surface area contributed by atoms with E-state index in [1.54, 1.807) is 6.92 Å². The minimum Gasteiger partial charge on any atom is -0.372 e. The molecule has 0 radical (unpaired) electrons. The predicted octanol–water partition coefficient (Wildman–Crippen LogP) is 4.85.